The van der Waals surface area contributed by atoms with Crippen molar-refractivity contribution in [3.8, 4) is 0 Å². The Balaban J connectivity index is 1.57. The van der Waals surface area contributed by atoms with Crippen LogP contribution in [-0.4, -0.2) is 39.2 Å². The van der Waals surface area contributed by atoms with Gasteiger partial charge in [-0.25, -0.2) is 9.37 Å². The van der Waals surface area contributed by atoms with E-state index in [1.165, 1.54) is 6.07 Å². The molecular formula is C16H20FN3O. The Kier molecular flexibility index (Phi) is 4.31. The Morgan fingerprint density at radius 3 is 2.95 bits per heavy atom. The zero-order chi connectivity index (χ0) is 14.7. The number of aromatic amines is 1. The van der Waals surface area contributed by atoms with Crippen LogP contribution < -0.4 is 0 Å². The number of aromatic nitrogens is 2. The van der Waals surface area contributed by atoms with E-state index in [4.69, 9.17) is 0 Å². The van der Waals surface area contributed by atoms with Gasteiger partial charge >= 0.3 is 0 Å². The Hall–Kier alpha value is -1.72. The van der Waals surface area contributed by atoms with Crippen LogP contribution in [0.2, 0.25) is 0 Å². The molecule has 1 aliphatic rings. The number of hydrogen-bond acceptors (Lipinski definition) is 3. The molecule has 0 aliphatic carbocycles. The van der Waals surface area contributed by atoms with Crippen LogP contribution in [0.4, 0.5) is 4.39 Å². The van der Waals surface area contributed by atoms with Crippen LogP contribution in [0, 0.1) is 11.7 Å². The number of hydrogen-bond donors (Lipinski definition) is 2. The highest BCUT2D eigenvalue weighted by atomic mass is 19.1. The van der Waals surface area contributed by atoms with Gasteiger partial charge in [0.05, 0.1) is 12.4 Å². The number of halogens is 1. The third-order valence-corrected chi connectivity index (χ3v) is 4.19. The molecule has 1 saturated heterocycles. The number of likely N-dealkylation sites (tertiary alicyclic amines) is 1. The number of rotatable bonds is 4. The SMILES string of the molecule is O[C@H]1CN(Cc2cnc[nH]2)CC[C@@H]1Cc1ccccc1F. The van der Waals surface area contributed by atoms with Gasteiger partial charge in [-0.2, -0.15) is 0 Å². The Morgan fingerprint density at radius 2 is 2.24 bits per heavy atom. The maximum atomic E-state index is 13.7. The molecule has 2 aromatic rings. The third-order valence-electron chi connectivity index (χ3n) is 4.19. The molecule has 0 saturated carbocycles. The maximum absolute atomic E-state index is 13.7. The van der Waals surface area contributed by atoms with E-state index in [9.17, 15) is 9.50 Å². The monoisotopic (exact) mass is 289 g/mol. The molecule has 0 amide bonds. The zero-order valence-corrected chi connectivity index (χ0v) is 11.9. The van der Waals surface area contributed by atoms with Gasteiger partial charge in [-0.1, -0.05) is 18.2 Å². The Labute approximate surface area is 123 Å². The lowest BCUT2D eigenvalue weighted by molar-refractivity contribution is 0.0181. The first-order valence-corrected chi connectivity index (χ1v) is 7.33. The van der Waals surface area contributed by atoms with Gasteiger partial charge in [-0.05, 0) is 36.9 Å². The van der Waals surface area contributed by atoms with Crippen LogP contribution in [0.3, 0.4) is 0 Å². The van der Waals surface area contributed by atoms with E-state index >= 15 is 0 Å². The molecule has 112 valence electrons. The summed E-state index contributed by atoms with van der Waals surface area (Å²) < 4.78 is 13.7. The lowest BCUT2D eigenvalue weighted by atomic mass is 9.87. The molecule has 0 radical (unpaired) electrons. The summed E-state index contributed by atoms with van der Waals surface area (Å²) in [6.07, 6.45) is 4.53. The second-order valence-electron chi connectivity index (χ2n) is 5.72. The fraction of sp³-hybridized carbons (Fsp3) is 0.438. The molecular weight excluding hydrogens is 269 g/mol. The zero-order valence-electron chi connectivity index (χ0n) is 11.9. The molecule has 1 aromatic carbocycles. The van der Waals surface area contributed by atoms with E-state index in [-0.39, 0.29) is 11.7 Å². The standard InChI is InChI=1S/C16H20FN3O/c17-15-4-2-1-3-12(15)7-13-5-6-20(10-16(13)21)9-14-8-18-11-19-14/h1-4,8,11,13,16,21H,5-7,9-10H2,(H,18,19)/t13-,16+/m1/s1. The van der Waals surface area contributed by atoms with E-state index < -0.39 is 6.10 Å². The van der Waals surface area contributed by atoms with Crippen LogP contribution in [0.25, 0.3) is 0 Å². The van der Waals surface area contributed by atoms with Crippen LogP contribution >= 0.6 is 0 Å². The lowest BCUT2D eigenvalue weighted by Gasteiger charge is -2.35. The minimum atomic E-state index is -0.415. The first kappa shape index (κ1) is 14.2. The van der Waals surface area contributed by atoms with Crippen molar-refractivity contribution in [3.05, 3.63) is 53.9 Å². The van der Waals surface area contributed by atoms with Crippen molar-refractivity contribution in [2.75, 3.05) is 13.1 Å². The number of benzene rings is 1. The number of aliphatic hydroxyl groups is 1. The number of imidazole rings is 1. The first-order valence-electron chi connectivity index (χ1n) is 7.33. The van der Waals surface area contributed by atoms with Crippen molar-refractivity contribution >= 4 is 0 Å². The normalized spacial score (nSPS) is 23.3. The average Bonchev–Trinajstić information content (AvgIpc) is 2.97. The molecule has 3 rings (SSSR count). The first-order chi connectivity index (χ1) is 10.2. The minimum Gasteiger partial charge on any atom is -0.391 e. The molecule has 4 nitrogen and oxygen atoms in total. The fourth-order valence-corrected chi connectivity index (χ4v) is 2.99. The van der Waals surface area contributed by atoms with E-state index in [0.717, 1.165) is 25.2 Å². The summed E-state index contributed by atoms with van der Waals surface area (Å²) in [7, 11) is 0. The molecule has 1 aromatic heterocycles. The molecule has 5 heteroatoms. The second kappa shape index (κ2) is 6.37. The van der Waals surface area contributed by atoms with Crippen LogP contribution in [0.5, 0.6) is 0 Å². The molecule has 2 heterocycles. The summed E-state index contributed by atoms with van der Waals surface area (Å²) in [6, 6.07) is 6.83. The molecule has 2 atom stereocenters. The highest BCUT2D eigenvalue weighted by Gasteiger charge is 2.28. The highest BCUT2D eigenvalue weighted by molar-refractivity contribution is 5.18. The maximum Gasteiger partial charge on any atom is 0.126 e. The van der Waals surface area contributed by atoms with Crippen LogP contribution in [0.15, 0.2) is 36.8 Å². The van der Waals surface area contributed by atoms with Crippen LogP contribution in [-0.2, 0) is 13.0 Å². The quantitative estimate of drug-likeness (QED) is 0.905. The Bertz CT molecular complexity index is 573. The van der Waals surface area contributed by atoms with Crippen molar-refractivity contribution < 1.29 is 9.50 Å². The van der Waals surface area contributed by atoms with Gasteiger partial charge in [0.15, 0.2) is 0 Å². The van der Waals surface area contributed by atoms with E-state index in [1.54, 1.807) is 24.7 Å². The second-order valence-corrected chi connectivity index (χ2v) is 5.72. The van der Waals surface area contributed by atoms with E-state index in [0.29, 0.717) is 18.5 Å². The molecule has 2 N–H and O–H groups in total. The lowest BCUT2D eigenvalue weighted by Crippen LogP contribution is -2.44. The predicted octanol–water partition coefficient (Wildman–Crippen LogP) is 1.97. The summed E-state index contributed by atoms with van der Waals surface area (Å²) in [4.78, 5) is 9.28. The summed E-state index contributed by atoms with van der Waals surface area (Å²) in [5.41, 5.74) is 1.75. The summed E-state index contributed by atoms with van der Waals surface area (Å²) in [6.45, 7) is 2.30. The predicted molar refractivity (Wildman–Crippen MR) is 78.1 cm³/mol. The van der Waals surface area contributed by atoms with Crippen molar-refractivity contribution in [3.63, 3.8) is 0 Å². The summed E-state index contributed by atoms with van der Waals surface area (Å²) in [5.74, 6) is -0.0514. The molecule has 1 fully saturated rings. The fourth-order valence-electron chi connectivity index (χ4n) is 2.99. The number of nitrogens with one attached hydrogen (secondary N) is 1. The topological polar surface area (TPSA) is 52.1 Å². The molecule has 1 aliphatic heterocycles. The van der Waals surface area contributed by atoms with Gasteiger partial charge in [0.25, 0.3) is 0 Å². The molecule has 0 unspecified atom stereocenters. The number of β-amino-alcohol motifs (C(OH)–C–C–N with tert-alkyl or cyclic N) is 1. The van der Waals surface area contributed by atoms with Crippen molar-refractivity contribution in [2.24, 2.45) is 5.92 Å². The number of aliphatic hydroxyl groups excluding tert-OH is 1. The number of nitrogens with zero attached hydrogens (tertiary/aromatic N) is 2. The van der Waals surface area contributed by atoms with Crippen molar-refractivity contribution in [1.82, 2.24) is 14.9 Å². The van der Waals surface area contributed by atoms with Gasteiger partial charge in [0.2, 0.25) is 0 Å². The van der Waals surface area contributed by atoms with Crippen LogP contribution in [0.1, 0.15) is 17.7 Å². The summed E-state index contributed by atoms with van der Waals surface area (Å²) >= 11 is 0. The van der Waals surface area contributed by atoms with E-state index in [1.807, 2.05) is 6.07 Å². The highest BCUT2D eigenvalue weighted by Crippen LogP contribution is 2.24. The number of piperidine rings is 1. The van der Waals surface area contributed by atoms with Gasteiger partial charge in [-0.3, -0.25) is 4.90 Å². The molecule has 0 bridgehead atoms. The summed E-state index contributed by atoms with van der Waals surface area (Å²) in [5, 5.41) is 10.3. The van der Waals surface area contributed by atoms with Crippen molar-refractivity contribution in [1.29, 1.82) is 0 Å². The number of H-pyrrole nitrogens is 1. The minimum absolute atomic E-state index is 0.125. The van der Waals surface area contributed by atoms with Gasteiger partial charge < -0.3 is 10.1 Å². The third kappa shape index (κ3) is 3.49. The van der Waals surface area contributed by atoms with Gasteiger partial charge in [-0.15, -0.1) is 0 Å². The van der Waals surface area contributed by atoms with Crippen molar-refractivity contribution in [2.45, 2.75) is 25.5 Å². The van der Waals surface area contributed by atoms with Gasteiger partial charge in [0, 0.05) is 25.0 Å². The Morgan fingerprint density at radius 1 is 1.38 bits per heavy atom. The molecule has 21 heavy (non-hydrogen) atoms. The average molecular weight is 289 g/mol. The molecule has 0 spiro atoms. The van der Waals surface area contributed by atoms with E-state index in [2.05, 4.69) is 14.9 Å². The smallest absolute Gasteiger partial charge is 0.126 e. The largest absolute Gasteiger partial charge is 0.391 e. The van der Waals surface area contributed by atoms with Gasteiger partial charge in [0.1, 0.15) is 5.82 Å².